The van der Waals surface area contributed by atoms with Crippen molar-refractivity contribution in [2.75, 3.05) is 0 Å². The smallest absolute Gasteiger partial charge is 0.306 e. The van der Waals surface area contributed by atoms with Crippen molar-refractivity contribution in [3.63, 3.8) is 0 Å². The Bertz CT molecular complexity index is 1040. The Kier molecular flexibility index (Phi) is 6.51. The fourth-order valence-electron chi connectivity index (χ4n) is 9.26. The van der Waals surface area contributed by atoms with Gasteiger partial charge in [0, 0.05) is 47.5 Å². The lowest BCUT2D eigenvalue weighted by atomic mass is 9.43. The number of aliphatic hydroxyl groups is 1. The molecule has 0 aromatic rings. The van der Waals surface area contributed by atoms with Crippen LogP contribution in [-0.2, 0) is 19.2 Å². The van der Waals surface area contributed by atoms with E-state index in [1.807, 2.05) is 20.8 Å². The Morgan fingerprint density at radius 2 is 1.67 bits per heavy atom. The van der Waals surface area contributed by atoms with E-state index in [1.54, 1.807) is 6.92 Å². The number of ketones is 3. The predicted octanol–water partition coefficient (Wildman–Crippen LogP) is 5.16. The van der Waals surface area contributed by atoms with Crippen LogP contribution in [0.2, 0.25) is 0 Å². The summed E-state index contributed by atoms with van der Waals surface area (Å²) in [5, 5.41) is 20.8. The second-order valence-corrected chi connectivity index (χ2v) is 13.7. The van der Waals surface area contributed by atoms with Crippen LogP contribution >= 0.6 is 0 Å². The molecule has 0 amide bonds. The van der Waals surface area contributed by atoms with Crippen molar-refractivity contribution in [1.82, 2.24) is 0 Å². The van der Waals surface area contributed by atoms with Gasteiger partial charge in [-0.05, 0) is 48.9 Å². The summed E-state index contributed by atoms with van der Waals surface area (Å²) in [6.45, 7) is 14.1. The van der Waals surface area contributed by atoms with E-state index in [0.29, 0.717) is 25.7 Å². The van der Waals surface area contributed by atoms with Crippen LogP contribution < -0.4 is 0 Å². The Morgan fingerprint density at radius 1 is 1.03 bits per heavy atom. The molecule has 4 aliphatic rings. The molecule has 8 atom stereocenters. The molecule has 2 fully saturated rings. The van der Waals surface area contributed by atoms with Crippen molar-refractivity contribution in [3.8, 4) is 0 Å². The van der Waals surface area contributed by atoms with Crippen LogP contribution in [0.3, 0.4) is 0 Å². The largest absolute Gasteiger partial charge is 0.481 e. The molecule has 2 N–H and O–H groups in total. The highest BCUT2D eigenvalue weighted by Crippen LogP contribution is 2.71. The van der Waals surface area contributed by atoms with Crippen LogP contribution in [0, 0.1) is 45.3 Å². The van der Waals surface area contributed by atoms with Gasteiger partial charge in [0.2, 0.25) is 0 Å². The zero-order valence-electron chi connectivity index (χ0n) is 23.1. The molecular formula is C30H44O6. The standard InChI is InChI=1S/C30H44O6/c1-16(12-18(31)13-17(2)26(35)36)20-14-24(34)30(7)19-8-9-22-27(3,4)23(33)10-11-28(22,5)25(19)21(32)15-29(20,30)6/h16-17,20,22,24,34H,8-15H2,1-7H3,(H,35,36)/t16-,17+,20-,22+,24+,28+,29-,30-/m1/s1. The number of allylic oxidation sites excluding steroid dienone is 1. The first-order valence-corrected chi connectivity index (χ1v) is 13.7. The molecule has 4 rings (SSSR count). The lowest BCUT2D eigenvalue weighted by molar-refractivity contribution is -0.143. The molecule has 0 aromatic carbocycles. The third-order valence-electron chi connectivity index (χ3n) is 11.6. The van der Waals surface area contributed by atoms with Crippen LogP contribution in [0.25, 0.3) is 0 Å². The summed E-state index contributed by atoms with van der Waals surface area (Å²) in [5.41, 5.74) is 0.108. The van der Waals surface area contributed by atoms with Crippen molar-refractivity contribution in [2.24, 2.45) is 45.3 Å². The topological polar surface area (TPSA) is 109 Å². The number of aliphatic hydroxyl groups excluding tert-OH is 1. The van der Waals surface area contributed by atoms with Crippen LogP contribution in [0.15, 0.2) is 11.1 Å². The van der Waals surface area contributed by atoms with Gasteiger partial charge in [0.1, 0.15) is 11.6 Å². The summed E-state index contributed by atoms with van der Waals surface area (Å²) in [6, 6.07) is 0. The average Bonchev–Trinajstić information content (AvgIpc) is 2.97. The van der Waals surface area contributed by atoms with E-state index in [4.69, 9.17) is 0 Å². The maximum absolute atomic E-state index is 14.0. The van der Waals surface area contributed by atoms with E-state index < -0.39 is 34.2 Å². The Labute approximate surface area is 215 Å². The number of carboxylic acid groups (broad SMARTS) is 1. The van der Waals surface area contributed by atoms with Gasteiger partial charge in [-0.3, -0.25) is 19.2 Å². The lowest BCUT2D eigenvalue weighted by Crippen LogP contribution is -2.57. The van der Waals surface area contributed by atoms with Gasteiger partial charge in [-0.1, -0.05) is 54.0 Å². The minimum absolute atomic E-state index is 0.00537. The van der Waals surface area contributed by atoms with Crippen LogP contribution in [0.5, 0.6) is 0 Å². The highest BCUT2D eigenvalue weighted by atomic mass is 16.4. The minimum atomic E-state index is -0.971. The van der Waals surface area contributed by atoms with Gasteiger partial charge in [0.15, 0.2) is 5.78 Å². The zero-order valence-corrected chi connectivity index (χ0v) is 23.1. The molecule has 6 nitrogen and oxygen atoms in total. The Balaban J connectivity index is 1.70. The summed E-state index contributed by atoms with van der Waals surface area (Å²) in [6.07, 6.45) is 3.25. The maximum atomic E-state index is 14.0. The molecule has 200 valence electrons. The monoisotopic (exact) mass is 500 g/mol. The lowest BCUT2D eigenvalue weighted by Gasteiger charge is -2.60. The second kappa shape index (κ2) is 8.61. The van der Waals surface area contributed by atoms with Crippen LogP contribution in [0.4, 0.5) is 0 Å². The molecule has 0 heterocycles. The summed E-state index contributed by atoms with van der Waals surface area (Å²) < 4.78 is 0. The van der Waals surface area contributed by atoms with Crippen molar-refractivity contribution in [2.45, 2.75) is 106 Å². The number of rotatable bonds is 6. The van der Waals surface area contributed by atoms with Gasteiger partial charge >= 0.3 is 5.97 Å². The van der Waals surface area contributed by atoms with E-state index in [0.717, 1.165) is 24.0 Å². The van der Waals surface area contributed by atoms with E-state index in [2.05, 4.69) is 20.8 Å². The van der Waals surface area contributed by atoms with E-state index in [1.165, 1.54) is 0 Å². The second-order valence-electron chi connectivity index (χ2n) is 13.7. The molecule has 0 spiro atoms. The van der Waals surface area contributed by atoms with E-state index >= 15 is 0 Å². The molecule has 0 bridgehead atoms. The number of hydrogen-bond acceptors (Lipinski definition) is 5. The third kappa shape index (κ3) is 3.60. The third-order valence-corrected chi connectivity index (χ3v) is 11.6. The van der Waals surface area contributed by atoms with Crippen molar-refractivity contribution < 1.29 is 29.4 Å². The number of Topliss-reactive ketones (excluding diaryl/α,β-unsaturated/α-hetero) is 3. The van der Waals surface area contributed by atoms with Crippen molar-refractivity contribution in [1.29, 1.82) is 0 Å². The number of carbonyl (C=O) groups excluding carboxylic acids is 3. The molecule has 6 heteroatoms. The predicted molar refractivity (Wildman–Crippen MR) is 136 cm³/mol. The van der Waals surface area contributed by atoms with Gasteiger partial charge in [0.05, 0.1) is 12.0 Å². The number of hydrogen-bond donors (Lipinski definition) is 2. The minimum Gasteiger partial charge on any atom is -0.481 e. The number of carbonyl (C=O) groups is 4. The molecule has 36 heavy (non-hydrogen) atoms. The molecule has 0 aliphatic heterocycles. The van der Waals surface area contributed by atoms with Gasteiger partial charge in [-0.25, -0.2) is 0 Å². The van der Waals surface area contributed by atoms with Gasteiger partial charge < -0.3 is 10.2 Å². The number of fused-ring (bicyclic) bond motifs is 4. The number of aliphatic carboxylic acids is 1. The first-order chi connectivity index (χ1) is 16.5. The molecule has 0 unspecified atom stereocenters. The molecule has 4 aliphatic carbocycles. The summed E-state index contributed by atoms with van der Waals surface area (Å²) in [7, 11) is 0. The molecular weight excluding hydrogens is 456 g/mol. The molecule has 0 saturated heterocycles. The van der Waals surface area contributed by atoms with E-state index in [-0.39, 0.29) is 53.4 Å². The fraction of sp³-hybridized carbons (Fsp3) is 0.800. The maximum Gasteiger partial charge on any atom is 0.306 e. The zero-order chi connectivity index (χ0) is 27.0. The summed E-state index contributed by atoms with van der Waals surface area (Å²) in [4.78, 5) is 50.8. The summed E-state index contributed by atoms with van der Waals surface area (Å²) >= 11 is 0. The first kappa shape index (κ1) is 27.2. The summed E-state index contributed by atoms with van der Waals surface area (Å²) in [5.74, 6) is -1.29. The van der Waals surface area contributed by atoms with Gasteiger partial charge in [-0.2, -0.15) is 0 Å². The average molecular weight is 501 g/mol. The highest BCUT2D eigenvalue weighted by molar-refractivity contribution is 6.00. The SMILES string of the molecule is C[C@H](CC(=O)C[C@H](C)C(=O)O)[C@H]1C[C@H](O)[C@@]2(C)C3=C(C(=O)C[C@]12C)[C@@]1(C)CCC(=O)C(C)(C)[C@@H]1CC3. The molecule has 0 radical (unpaired) electrons. The molecule has 0 aromatic heterocycles. The Hall–Kier alpha value is -1.82. The Morgan fingerprint density at radius 3 is 2.28 bits per heavy atom. The van der Waals surface area contributed by atoms with Gasteiger partial charge in [-0.15, -0.1) is 0 Å². The highest BCUT2D eigenvalue weighted by Gasteiger charge is 2.68. The van der Waals surface area contributed by atoms with Crippen molar-refractivity contribution >= 4 is 23.3 Å². The van der Waals surface area contributed by atoms with Crippen molar-refractivity contribution in [3.05, 3.63) is 11.1 Å². The number of carboxylic acids is 1. The first-order valence-electron chi connectivity index (χ1n) is 13.7. The van der Waals surface area contributed by atoms with Crippen LogP contribution in [-0.4, -0.2) is 39.6 Å². The fourth-order valence-corrected chi connectivity index (χ4v) is 9.26. The van der Waals surface area contributed by atoms with Crippen LogP contribution in [0.1, 0.15) is 99.8 Å². The molecule has 2 saturated carbocycles. The normalized spacial score (nSPS) is 41.3. The van der Waals surface area contributed by atoms with Gasteiger partial charge in [0.25, 0.3) is 0 Å². The quantitative estimate of drug-likeness (QED) is 0.521. The van der Waals surface area contributed by atoms with E-state index in [9.17, 15) is 29.4 Å².